The Bertz CT molecular complexity index is 579. The van der Waals surface area contributed by atoms with Gasteiger partial charge in [-0.3, -0.25) is 0 Å². The molecule has 0 bridgehead atoms. The quantitative estimate of drug-likeness (QED) is 0.902. The van der Waals surface area contributed by atoms with Gasteiger partial charge >= 0.3 is 6.18 Å². The molecule has 0 heterocycles. The fraction of sp³-hybridized carbons (Fsp3) is 0.250. The summed E-state index contributed by atoms with van der Waals surface area (Å²) >= 11 is 0. The second-order valence-corrected chi connectivity index (χ2v) is 4.74. The molecule has 0 spiro atoms. The van der Waals surface area contributed by atoms with Gasteiger partial charge in [0.2, 0.25) is 0 Å². The number of alkyl halides is 3. The summed E-state index contributed by atoms with van der Waals surface area (Å²) in [6, 6.07) is 13.1. The van der Waals surface area contributed by atoms with E-state index in [-0.39, 0.29) is 0 Å². The zero-order chi connectivity index (χ0) is 15.3. The van der Waals surface area contributed by atoms with Gasteiger partial charge in [0.05, 0.1) is 12.7 Å². The van der Waals surface area contributed by atoms with Crippen molar-refractivity contribution >= 4 is 0 Å². The third kappa shape index (κ3) is 4.49. The van der Waals surface area contributed by atoms with Crippen molar-refractivity contribution in [3.63, 3.8) is 0 Å². The molecule has 0 aliphatic rings. The Morgan fingerprint density at radius 1 is 0.952 bits per heavy atom. The van der Waals surface area contributed by atoms with E-state index < -0.39 is 11.7 Å². The van der Waals surface area contributed by atoms with Crippen LogP contribution >= 0.6 is 0 Å². The molecule has 0 saturated heterocycles. The van der Waals surface area contributed by atoms with Crippen LogP contribution in [-0.2, 0) is 19.3 Å². The Balaban J connectivity index is 1.91. The molecule has 0 aliphatic heterocycles. The third-order valence-corrected chi connectivity index (χ3v) is 3.17. The van der Waals surface area contributed by atoms with Crippen LogP contribution in [0.25, 0.3) is 0 Å². The summed E-state index contributed by atoms with van der Waals surface area (Å²) in [5.74, 6) is 0.789. The molecule has 21 heavy (non-hydrogen) atoms. The zero-order valence-corrected chi connectivity index (χ0v) is 11.7. The van der Waals surface area contributed by atoms with E-state index in [0.717, 1.165) is 17.4 Å². The number of benzene rings is 2. The highest BCUT2D eigenvalue weighted by Gasteiger charge is 2.30. The van der Waals surface area contributed by atoms with Crippen LogP contribution in [0.3, 0.4) is 0 Å². The Kier molecular flexibility index (Phi) is 4.85. The predicted molar refractivity (Wildman–Crippen MR) is 73.8 cm³/mol. The van der Waals surface area contributed by atoms with E-state index in [1.807, 2.05) is 29.6 Å². The van der Waals surface area contributed by atoms with Gasteiger partial charge in [-0.25, -0.2) is 0 Å². The molecule has 0 saturated carbocycles. The van der Waals surface area contributed by atoms with Crippen molar-refractivity contribution < 1.29 is 23.2 Å². The van der Waals surface area contributed by atoms with Crippen molar-refractivity contribution in [1.29, 1.82) is 0 Å². The largest absolute Gasteiger partial charge is 0.497 e. The van der Waals surface area contributed by atoms with Crippen molar-refractivity contribution in [3.8, 4) is 5.75 Å². The maximum Gasteiger partial charge on any atom is 0.416 e. The summed E-state index contributed by atoms with van der Waals surface area (Å²) in [7, 11) is 1.61. The number of hydrogen-bond acceptors (Lipinski definition) is 1. The smallest absolute Gasteiger partial charge is 0.416 e. The molecule has 0 amide bonds. The SMILES string of the molecule is COc1ccc(C[NH2+]Cc2cccc(C(F)(F)F)c2)cc1. The Morgan fingerprint density at radius 2 is 1.62 bits per heavy atom. The molecule has 2 rings (SSSR count). The van der Waals surface area contributed by atoms with Gasteiger partial charge in [0.15, 0.2) is 0 Å². The van der Waals surface area contributed by atoms with Gasteiger partial charge in [-0.2, -0.15) is 13.2 Å². The fourth-order valence-corrected chi connectivity index (χ4v) is 2.04. The lowest BCUT2D eigenvalue weighted by Crippen LogP contribution is -2.80. The molecule has 2 nitrogen and oxygen atoms in total. The molecule has 5 heteroatoms. The Hall–Kier alpha value is -2.01. The van der Waals surface area contributed by atoms with Crippen LogP contribution < -0.4 is 10.1 Å². The van der Waals surface area contributed by atoms with Crippen molar-refractivity contribution in [3.05, 3.63) is 65.2 Å². The highest BCUT2D eigenvalue weighted by atomic mass is 19.4. The Labute approximate surface area is 121 Å². The number of ether oxygens (including phenoxy) is 1. The first-order valence-electron chi connectivity index (χ1n) is 6.60. The highest BCUT2D eigenvalue weighted by Crippen LogP contribution is 2.29. The summed E-state index contributed by atoms with van der Waals surface area (Å²) in [6.45, 7) is 1.22. The number of quaternary nitrogens is 1. The normalized spacial score (nSPS) is 11.4. The first-order chi connectivity index (χ1) is 9.99. The van der Waals surface area contributed by atoms with E-state index in [4.69, 9.17) is 4.74 Å². The van der Waals surface area contributed by atoms with Gasteiger partial charge in [0.25, 0.3) is 0 Å². The summed E-state index contributed by atoms with van der Waals surface area (Å²) in [5, 5.41) is 1.97. The maximum absolute atomic E-state index is 12.6. The number of hydrogen-bond donors (Lipinski definition) is 1. The molecule has 0 atom stereocenters. The van der Waals surface area contributed by atoms with Gasteiger partial charge in [-0.05, 0) is 36.4 Å². The van der Waals surface area contributed by atoms with E-state index in [1.54, 1.807) is 13.2 Å². The number of halogens is 3. The Morgan fingerprint density at radius 3 is 2.24 bits per heavy atom. The van der Waals surface area contributed by atoms with Gasteiger partial charge in [-0.1, -0.05) is 12.1 Å². The van der Waals surface area contributed by atoms with Crippen molar-refractivity contribution in [1.82, 2.24) is 0 Å². The molecule has 0 radical (unpaired) electrons. The van der Waals surface area contributed by atoms with E-state index in [2.05, 4.69) is 0 Å². The molecular formula is C16H17F3NO+. The lowest BCUT2D eigenvalue weighted by molar-refractivity contribution is -0.686. The van der Waals surface area contributed by atoms with Crippen LogP contribution in [0.4, 0.5) is 13.2 Å². The second kappa shape index (κ2) is 6.63. The predicted octanol–water partition coefficient (Wildman–Crippen LogP) is 2.98. The van der Waals surface area contributed by atoms with Crippen LogP contribution in [0.15, 0.2) is 48.5 Å². The topological polar surface area (TPSA) is 25.8 Å². The van der Waals surface area contributed by atoms with E-state index in [1.165, 1.54) is 12.1 Å². The first kappa shape index (κ1) is 15.4. The summed E-state index contributed by atoms with van der Waals surface area (Å²) in [5.41, 5.74) is 1.17. The standard InChI is InChI=1S/C16H16F3NO/c1-21-15-7-5-12(6-8-15)10-20-11-13-3-2-4-14(9-13)16(17,18)19/h2-9,20H,10-11H2,1H3/p+1. The van der Waals surface area contributed by atoms with E-state index >= 15 is 0 Å². The number of rotatable bonds is 5. The average molecular weight is 296 g/mol. The van der Waals surface area contributed by atoms with Crippen molar-refractivity contribution in [2.75, 3.05) is 7.11 Å². The fourth-order valence-electron chi connectivity index (χ4n) is 2.04. The molecule has 2 N–H and O–H groups in total. The van der Waals surface area contributed by atoms with Gasteiger partial charge in [-0.15, -0.1) is 0 Å². The van der Waals surface area contributed by atoms with E-state index in [9.17, 15) is 13.2 Å². The zero-order valence-electron chi connectivity index (χ0n) is 11.7. The molecule has 0 aromatic heterocycles. The van der Waals surface area contributed by atoms with Crippen LogP contribution in [0.5, 0.6) is 5.75 Å². The molecule has 0 unspecified atom stereocenters. The van der Waals surface area contributed by atoms with Crippen molar-refractivity contribution in [2.24, 2.45) is 0 Å². The van der Waals surface area contributed by atoms with Crippen molar-refractivity contribution in [2.45, 2.75) is 19.3 Å². The minimum Gasteiger partial charge on any atom is -0.497 e. The lowest BCUT2D eigenvalue weighted by atomic mass is 10.1. The van der Waals surface area contributed by atoms with Gasteiger partial charge in [0, 0.05) is 11.1 Å². The number of methoxy groups -OCH3 is 1. The maximum atomic E-state index is 12.6. The number of nitrogens with two attached hydrogens (primary N) is 1. The van der Waals surface area contributed by atoms with Crippen LogP contribution in [0.1, 0.15) is 16.7 Å². The summed E-state index contributed by atoms with van der Waals surface area (Å²) in [4.78, 5) is 0. The molecule has 112 valence electrons. The lowest BCUT2D eigenvalue weighted by Gasteiger charge is -2.08. The third-order valence-electron chi connectivity index (χ3n) is 3.17. The minimum absolute atomic E-state index is 0.510. The highest BCUT2D eigenvalue weighted by molar-refractivity contribution is 5.27. The molecular weight excluding hydrogens is 279 g/mol. The second-order valence-electron chi connectivity index (χ2n) is 4.74. The van der Waals surface area contributed by atoms with Crippen LogP contribution in [-0.4, -0.2) is 7.11 Å². The summed E-state index contributed by atoms with van der Waals surface area (Å²) in [6.07, 6.45) is -4.29. The molecule has 2 aromatic carbocycles. The molecule has 0 aliphatic carbocycles. The van der Waals surface area contributed by atoms with Crippen LogP contribution in [0.2, 0.25) is 0 Å². The van der Waals surface area contributed by atoms with Crippen LogP contribution in [0, 0.1) is 0 Å². The van der Waals surface area contributed by atoms with Gasteiger partial charge < -0.3 is 10.1 Å². The average Bonchev–Trinajstić information content (AvgIpc) is 2.47. The van der Waals surface area contributed by atoms with E-state index in [0.29, 0.717) is 18.7 Å². The molecule has 2 aromatic rings. The van der Waals surface area contributed by atoms with Gasteiger partial charge in [0.1, 0.15) is 18.8 Å². The summed E-state index contributed by atoms with van der Waals surface area (Å²) < 4.78 is 42.9. The minimum atomic E-state index is -4.29. The first-order valence-corrected chi connectivity index (χ1v) is 6.60. The monoisotopic (exact) mass is 296 g/mol. The molecule has 0 fully saturated rings.